The van der Waals surface area contributed by atoms with Crippen molar-refractivity contribution in [3.8, 4) is 0 Å². The van der Waals surface area contributed by atoms with E-state index in [4.69, 9.17) is 0 Å². The molecule has 3 rings (SSSR count). The summed E-state index contributed by atoms with van der Waals surface area (Å²) in [5.74, 6) is 0.697. The number of hydrogen-bond acceptors (Lipinski definition) is 2. The maximum atomic E-state index is 9.24. The lowest BCUT2D eigenvalue weighted by Gasteiger charge is -2.32. The SMILES string of the molecule is OC1CC(CNC2CCc3ccccc32)C1. The fourth-order valence-corrected chi connectivity index (χ4v) is 2.95. The Bertz CT molecular complexity index is 371. The molecule has 0 heterocycles. The van der Waals surface area contributed by atoms with Gasteiger partial charge in [-0.25, -0.2) is 0 Å². The molecule has 2 N–H and O–H groups in total. The van der Waals surface area contributed by atoms with E-state index in [0.29, 0.717) is 12.0 Å². The van der Waals surface area contributed by atoms with Gasteiger partial charge in [0.25, 0.3) is 0 Å². The Morgan fingerprint density at radius 3 is 2.88 bits per heavy atom. The van der Waals surface area contributed by atoms with Crippen LogP contribution in [0.2, 0.25) is 0 Å². The summed E-state index contributed by atoms with van der Waals surface area (Å²) in [6.07, 6.45) is 4.39. The minimum Gasteiger partial charge on any atom is -0.393 e. The number of hydrogen-bond donors (Lipinski definition) is 2. The summed E-state index contributed by atoms with van der Waals surface area (Å²) in [7, 11) is 0. The fourth-order valence-electron chi connectivity index (χ4n) is 2.95. The lowest BCUT2D eigenvalue weighted by molar-refractivity contribution is 0.0418. The van der Waals surface area contributed by atoms with Gasteiger partial charge in [0.15, 0.2) is 0 Å². The van der Waals surface area contributed by atoms with Crippen molar-refractivity contribution >= 4 is 0 Å². The van der Waals surface area contributed by atoms with E-state index in [1.165, 1.54) is 24.0 Å². The first-order valence-corrected chi connectivity index (χ1v) is 6.32. The van der Waals surface area contributed by atoms with E-state index < -0.39 is 0 Å². The van der Waals surface area contributed by atoms with Gasteiger partial charge in [-0.2, -0.15) is 0 Å². The van der Waals surface area contributed by atoms with E-state index in [1.807, 2.05) is 0 Å². The summed E-state index contributed by atoms with van der Waals surface area (Å²) in [4.78, 5) is 0. The molecule has 1 unspecified atom stereocenters. The van der Waals surface area contributed by atoms with E-state index in [1.54, 1.807) is 0 Å². The molecular weight excluding hydrogens is 198 g/mol. The molecule has 1 saturated carbocycles. The predicted molar refractivity (Wildman–Crippen MR) is 64.2 cm³/mol. The first-order chi connectivity index (χ1) is 7.83. The second-order valence-corrected chi connectivity index (χ2v) is 5.19. The molecule has 1 atom stereocenters. The molecule has 0 aromatic heterocycles. The molecule has 1 fully saturated rings. The average molecular weight is 217 g/mol. The first kappa shape index (κ1) is 10.3. The third kappa shape index (κ3) is 1.87. The summed E-state index contributed by atoms with van der Waals surface area (Å²) in [6.45, 7) is 1.07. The van der Waals surface area contributed by atoms with Crippen molar-refractivity contribution in [1.29, 1.82) is 0 Å². The van der Waals surface area contributed by atoms with Crippen LogP contribution in [0.5, 0.6) is 0 Å². The molecule has 16 heavy (non-hydrogen) atoms. The quantitative estimate of drug-likeness (QED) is 0.812. The molecule has 0 bridgehead atoms. The standard InChI is InChI=1S/C14H19NO/c16-12-7-10(8-12)9-15-14-6-5-11-3-1-2-4-13(11)14/h1-4,10,12,14-16H,5-9H2. The number of aliphatic hydroxyl groups excluding tert-OH is 1. The zero-order chi connectivity index (χ0) is 11.0. The topological polar surface area (TPSA) is 32.3 Å². The molecule has 0 spiro atoms. The van der Waals surface area contributed by atoms with Crippen LogP contribution in [0.25, 0.3) is 0 Å². The van der Waals surface area contributed by atoms with Crippen LogP contribution in [0.3, 0.4) is 0 Å². The second kappa shape index (κ2) is 4.19. The summed E-state index contributed by atoms with van der Waals surface area (Å²) < 4.78 is 0. The van der Waals surface area contributed by atoms with Crippen LogP contribution in [-0.4, -0.2) is 17.8 Å². The zero-order valence-electron chi connectivity index (χ0n) is 9.52. The highest BCUT2D eigenvalue weighted by molar-refractivity contribution is 5.34. The van der Waals surface area contributed by atoms with Crippen molar-refractivity contribution < 1.29 is 5.11 Å². The number of benzene rings is 1. The van der Waals surface area contributed by atoms with Crippen LogP contribution in [0.15, 0.2) is 24.3 Å². The van der Waals surface area contributed by atoms with Gasteiger partial charge in [-0.05, 0) is 49.3 Å². The zero-order valence-corrected chi connectivity index (χ0v) is 9.52. The van der Waals surface area contributed by atoms with Crippen LogP contribution in [0.1, 0.15) is 36.4 Å². The Balaban J connectivity index is 1.57. The molecule has 1 aromatic carbocycles. The van der Waals surface area contributed by atoms with Gasteiger partial charge in [-0.15, -0.1) is 0 Å². The Hall–Kier alpha value is -0.860. The van der Waals surface area contributed by atoms with Crippen LogP contribution in [0, 0.1) is 5.92 Å². The number of aliphatic hydroxyl groups is 1. The van der Waals surface area contributed by atoms with Gasteiger partial charge in [0.1, 0.15) is 0 Å². The van der Waals surface area contributed by atoms with Crippen molar-refractivity contribution in [1.82, 2.24) is 5.32 Å². The monoisotopic (exact) mass is 217 g/mol. The van der Waals surface area contributed by atoms with Gasteiger partial charge in [0.05, 0.1) is 6.10 Å². The van der Waals surface area contributed by atoms with E-state index in [9.17, 15) is 5.11 Å². The predicted octanol–water partition coefficient (Wildman–Crippen LogP) is 2.03. The molecule has 0 aliphatic heterocycles. The number of rotatable bonds is 3. The minimum absolute atomic E-state index is 0.0253. The highest BCUT2D eigenvalue weighted by Crippen LogP contribution is 2.32. The Morgan fingerprint density at radius 1 is 1.25 bits per heavy atom. The number of aryl methyl sites for hydroxylation is 1. The molecule has 2 aliphatic rings. The fraction of sp³-hybridized carbons (Fsp3) is 0.571. The highest BCUT2D eigenvalue weighted by Gasteiger charge is 2.28. The molecule has 0 saturated heterocycles. The van der Waals surface area contributed by atoms with E-state index in [2.05, 4.69) is 29.6 Å². The molecule has 1 aromatic rings. The van der Waals surface area contributed by atoms with Crippen LogP contribution in [0.4, 0.5) is 0 Å². The van der Waals surface area contributed by atoms with Crippen molar-refractivity contribution in [2.75, 3.05) is 6.54 Å². The van der Waals surface area contributed by atoms with Crippen LogP contribution in [-0.2, 0) is 6.42 Å². The van der Waals surface area contributed by atoms with Gasteiger partial charge < -0.3 is 10.4 Å². The van der Waals surface area contributed by atoms with Gasteiger partial charge in [-0.3, -0.25) is 0 Å². The van der Waals surface area contributed by atoms with Gasteiger partial charge in [0.2, 0.25) is 0 Å². The molecule has 2 nitrogen and oxygen atoms in total. The molecular formula is C14H19NO. The largest absolute Gasteiger partial charge is 0.393 e. The normalized spacial score (nSPS) is 32.2. The van der Waals surface area contributed by atoms with Crippen LogP contribution >= 0.6 is 0 Å². The van der Waals surface area contributed by atoms with Gasteiger partial charge >= 0.3 is 0 Å². The average Bonchev–Trinajstić information content (AvgIpc) is 2.66. The van der Waals surface area contributed by atoms with Crippen molar-refractivity contribution in [3.63, 3.8) is 0 Å². The number of fused-ring (bicyclic) bond motifs is 1. The molecule has 0 radical (unpaired) electrons. The highest BCUT2D eigenvalue weighted by atomic mass is 16.3. The molecule has 0 amide bonds. The maximum absolute atomic E-state index is 9.24. The number of nitrogens with one attached hydrogen (secondary N) is 1. The van der Waals surface area contributed by atoms with Gasteiger partial charge in [-0.1, -0.05) is 24.3 Å². The summed E-state index contributed by atoms with van der Waals surface area (Å²) >= 11 is 0. The van der Waals surface area contributed by atoms with Gasteiger partial charge in [0, 0.05) is 6.04 Å². The maximum Gasteiger partial charge on any atom is 0.0546 e. The summed E-state index contributed by atoms with van der Waals surface area (Å²) in [5.41, 5.74) is 3.00. The van der Waals surface area contributed by atoms with E-state index in [-0.39, 0.29) is 6.10 Å². The molecule has 86 valence electrons. The summed E-state index contributed by atoms with van der Waals surface area (Å²) in [6, 6.07) is 9.30. The first-order valence-electron chi connectivity index (χ1n) is 6.32. The molecule has 2 aliphatic carbocycles. The third-order valence-corrected chi connectivity index (χ3v) is 4.00. The smallest absolute Gasteiger partial charge is 0.0546 e. The van der Waals surface area contributed by atoms with Crippen LogP contribution < -0.4 is 5.32 Å². The lowest BCUT2D eigenvalue weighted by atomic mass is 9.82. The third-order valence-electron chi connectivity index (χ3n) is 4.00. The molecule has 2 heteroatoms. The van der Waals surface area contributed by atoms with E-state index in [0.717, 1.165) is 19.4 Å². The van der Waals surface area contributed by atoms with E-state index >= 15 is 0 Å². The Labute approximate surface area is 96.7 Å². The minimum atomic E-state index is -0.0253. The second-order valence-electron chi connectivity index (χ2n) is 5.19. The van der Waals surface area contributed by atoms with Crippen molar-refractivity contribution in [3.05, 3.63) is 35.4 Å². The Morgan fingerprint density at radius 2 is 2.06 bits per heavy atom. The van der Waals surface area contributed by atoms with Crippen molar-refractivity contribution in [2.45, 2.75) is 37.8 Å². The lowest BCUT2D eigenvalue weighted by Crippen LogP contribution is -2.37. The van der Waals surface area contributed by atoms with Crippen molar-refractivity contribution in [2.24, 2.45) is 5.92 Å². The summed E-state index contributed by atoms with van der Waals surface area (Å²) in [5, 5.41) is 12.9. The Kier molecular flexibility index (Phi) is 2.70.